The predicted molar refractivity (Wildman–Crippen MR) is 126 cm³/mol. The number of hydrogen-bond donors (Lipinski definition) is 7. The zero-order chi connectivity index (χ0) is 25.1. The van der Waals surface area contributed by atoms with Crippen LogP contribution in [0.1, 0.15) is 46.2 Å². The van der Waals surface area contributed by atoms with Crippen molar-refractivity contribution in [2.75, 3.05) is 5.75 Å². The number of nitrogens with two attached hydrogens (primary N) is 1. The van der Waals surface area contributed by atoms with E-state index in [9.17, 15) is 24.3 Å². The third-order valence-corrected chi connectivity index (χ3v) is 5.18. The summed E-state index contributed by atoms with van der Waals surface area (Å²) in [6, 6.07) is -3.97. The van der Waals surface area contributed by atoms with E-state index in [1.165, 1.54) is 12.5 Å². The number of aliphatic carboxylic acids is 1. The van der Waals surface area contributed by atoms with E-state index in [1.807, 2.05) is 27.7 Å². The topological polar surface area (TPSA) is 179 Å². The summed E-state index contributed by atoms with van der Waals surface area (Å²) >= 11 is 4.12. The van der Waals surface area contributed by atoms with Crippen molar-refractivity contribution in [3.63, 3.8) is 0 Å². The second kappa shape index (κ2) is 13.8. The second-order valence-electron chi connectivity index (χ2n) is 8.85. The SMILES string of the molecule is CC(C)CC(N)C(=O)NC(CC(C)C)C(=O)NC(CS)C(=O)NC(Cc1cnc[nH]1)C(=O)O. The summed E-state index contributed by atoms with van der Waals surface area (Å²) in [7, 11) is 0. The summed E-state index contributed by atoms with van der Waals surface area (Å²) in [6.07, 6.45) is 3.67. The van der Waals surface area contributed by atoms with Crippen molar-refractivity contribution in [1.29, 1.82) is 0 Å². The second-order valence-corrected chi connectivity index (χ2v) is 9.22. The zero-order valence-electron chi connectivity index (χ0n) is 19.5. The predicted octanol–water partition coefficient (Wildman–Crippen LogP) is -0.159. The van der Waals surface area contributed by atoms with E-state index in [-0.39, 0.29) is 24.0 Å². The molecule has 0 saturated heterocycles. The maximum absolute atomic E-state index is 12.9. The summed E-state index contributed by atoms with van der Waals surface area (Å²) < 4.78 is 0. The molecular weight excluding hydrogens is 448 g/mol. The third kappa shape index (κ3) is 10.3. The number of carboxylic acid groups (broad SMARTS) is 1. The lowest BCUT2D eigenvalue weighted by Gasteiger charge is -2.25. The lowest BCUT2D eigenvalue weighted by Crippen LogP contribution is -2.58. The molecule has 4 unspecified atom stereocenters. The molecule has 0 fully saturated rings. The average molecular weight is 485 g/mol. The van der Waals surface area contributed by atoms with E-state index in [0.29, 0.717) is 18.5 Å². The highest BCUT2D eigenvalue weighted by molar-refractivity contribution is 7.80. The van der Waals surface area contributed by atoms with Crippen LogP contribution in [0.2, 0.25) is 0 Å². The first kappa shape index (κ1) is 28.4. The van der Waals surface area contributed by atoms with E-state index in [0.717, 1.165) is 0 Å². The van der Waals surface area contributed by atoms with Gasteiger partial charge in [-0.3, -0.25) is 14.4 Å². The molecule has 0 aromatic carbocycles. The standard InChI is InChI=1S/C21H36N6O5S/c1-11(2)5-14(22)18(28)25-15(6-12(3)4)19(29)27-17(9-33)20(30)26-16(21(31)32)7-13-8-23-10-24-13/h8,10-12,14-17,33H,5-7,9,22H2,1-4H3,(H,23,24)(H,25,28)(H,26,30)(H,27,29)(H,31,32). The molecule has 4 atom stereocenters. The molecule has 12 heteroatoms. The van der Waals surface area contributed by atoms with Crippen LogP contribution in [-0.4, -0.2) is 68.7 Å². The van der Waals surface area contributed by atoms with Crippen molar-refractivity contribution in [3.8, 4) is 0 Å². The van der Waals surface area contributed by atoms with Crippen LogP contribution in [0.25, 0.3) is 0 Å². The number of aromatic nitrogens is 2. The van der Waals surface area contributed by atoms with Crippen molar-refractivity contribution in [1.82, 2.24) is 25.9 Å². The number of nitrogens with one attached hydrogen (secondary N) is 4. The summed E-state index contributed by atoms with van der Waals surface area (Å²) in [4.78, 5) is 56.2. The fourth-order valence-electron chi connectivity index (χ4n) is 3.15. The van der Waals surface area contributed by atoms with Crippen molar-refractivity contribution in [2.24, 2.45) is 17.6 Å². The van der Waals surface area contributed by atoms with Crippen molar-refractivity contribution >= 4 is 36.3 Å². The van der Waals surface area contributed by atoms with Crippen molar-refractivity contribution in [3.05, 3.63) is 18.2 Å². The van der Waals surface area contributed by atoms with Gasteiger partial charge in [0.1, 0.15) is 18.1 Å². The molecule has 1 aromatic rings. The highest BCUT2D eigenvalue weighted by Gasteiger charge is 2.30. The number of H-pyrrole nitrogens is 1. The number of carboxylic acids is 1. The Labute approximate surface area is 199 Å². The number of hydrogen-bond acceptors (Lipinski definition) is 7. The van der Waals surface area contributed by atoms with Crippen molar-refractivity contribution < 1.29 is 24.3 Å². The van der Waals surface area contributed by atoms with Gasteiger partial charge in [0.2, 0.25) is 17.7 Å². The van der Waals surface area contributed by atoms with Gasteiger partial charge in [-0.05, 0) is 24.7 Å². The highest BCUT2D eigenvalue weighted by atomic mass is 32.1. The smallest absolute Gasteiger partial charge is 0.326 e. The van der Waals surface area contributed by atoms with E-state index < -0.39 is 47.9 Å². The maximum Gasteiger partial charge on any atom is 0.326 e. The van der Waals surface area contributed by atoms with Crippen LogP contribution in [0.3, 0.4) is 0 Å². The summed E-state index contributed by atoms with van der Waals surface area (Å²) in [6.45, 7) is 7.68. The van der Waals surface area contributed by atoms with Crippen LogP contribution in [0.5, 0.6) is 0 Å². The molecule has 3 amide bonds. The Morgan fingerprint density at radius 1 is 0.970 bits per heavy atom. The number of nitrogens with zero attached hydrogens (tertiary/aromatic N) is 1. The Morgan fingerprint density at radius 2 is 1.52 bits per heavy atom. The summed E-state index contributed by atoms with van der Waals surface area (Å²) in [5, 5.41) is 17.1. The minimum Gasteiger partial charge on any atom is -0.480 e. The Morgan fingerprint density at radius 3 is 2.00 bits per heavy atom. The Bertz CT molecular complexity index is 786. The number of aromatic amines is 1. The van der Waals surface area contributed by atoms with Gasteiger partial charge in [-0.25, -0.2) is 9.78 Å². The van der Waals surface area contributed by atoms with Crippen LogP contribution in [0.4, 0.5) is 0 Å². The molecule has 1 heterocycles. The van der Waals surface area contributed by atoms with E-state index in [1.54, 1.807) is 0 Å². The van der Waals surface area contributed by atoms with Gasteiger partial charge in [0.15, 0.2) is 0 Å². The fraction of sp³-hybridized carbons (Fsp3) is 0.667. The quantitative estimate of drug-likeness (QED) is 0.179. The Kier molecular flexibility index (Phi) is 11.9. The van der Waals surface area contributed by atoms with Gasteiger partial charge in [0.05, 0.1) is 12.4 Å². The number of carbonyl (C=O) groups excluding carboxylic acids is 3. The van der Waals surface area contributed by atoms with Crippen LogP contribution in [0, 0.1) is 11.8 Å². The molecule has 7 N–H and O–H groups in total. The molecule has 0 aliphatic rings. The molecule has 0 saturated carbocycles. The molecule has 0 spiro atoms. The van der Waals surface area contributed by atoms with Crippen LogP contribution in [-0.2, 0) is 25.6 Å². The van der Waals surface area contributed by atoms with Crippen LogP contribution in [0.15, 0.2) is 12.5 Å². The molecular formula is C21H36N6O5S. The average Bonchev–Trinajstić information content (AvgIpc) is 3.22. The van der Waals surface area contributed by atoms with Gasteiger partial charge < -0.3 is 31.8 Å². The molecule has 33 heavy (non-hydrogen) atoms. The summed E-state index contributed by atoms with van der Waals surface area (Å²) in [5.41, 5.74) is 6.46. The lowest BCUT2D eigenvalue weighted by atomic mass is 10.0. The normalized spacial score (nSPS) is 14.9. The largest absolute Gasteiger partial charge is 0.480 e. The Hall–Kier alpha value is -2.60. The number of amides is 3. The molecule has 1 rings (SSSR count). The minimum absolute atomic E-state index is 0.00587. The van der Waals surface area contributed by atoms with E-state index in [2.05, 4.69) is 38.5 Å². The summed E-state index contributed by atoms with van der Waals surface area (Å²) in [5.74, 6) is -2.71. The third-order valence-electron chi connectivity index (χ3n) is 4.81. The number of thiol groups is 1. The highest BCUT2D eigenvalue weighted by Crippen LogP contribution is 2.08. The van der Waals surface area contributed by atoms with Gasteiger partial charge in [0, 0.05) is 24.1 Å². The Balaban J connectivity index is 2.83. The lowest BCUT2D eigenvalue weighted by molar-refractivity contribution is -0.142. The van der Waals surface area contributed by atoms with Crippen molar-refractivity contribution in [2.45, 2.75) is 71.1 Å². The first-order valence-electron chi connectivity index (χ1n) is 10.9. The maximum atomic E-state index is 12.9. The van der Waals surface area contributed by atoms with Gasteiger partial charge in [0.25, 0.3) is 0 Å². The fourth-order valence-corrected chi connectivity index (χ4v) is 3.41. The van der Waals surface area contributed by atoms with Gasteiger partial charge in [-0.1, -0.05) is 27.7 Å². The van der Waals surface area contributed by atoms with Crippen LogP contribution >= 0.6 is 12.6 Å². The first-order chi connectivity index (χ1) is 15.4. The van der Waals surface area contributed by atoms with Gasteiger partial charge >= 0.3 is 5.97 Å². The van der Waals surface area contributed by atoms with E-state index in [4.69, 9.17) is 5.73 Å². The molecule has 0 bridgehead atoms. The monoisotopic (exact) mass is 484 g/mol. The number of carbonyl (C=O) groups is 4. The van der Waals surface area contributed by atoms with Crippen LogP contribution < -0.4 is 21.7 Å². The molecule has 0 aliphatic heterocycles. The molecule has 11 nitrogen and oxygen atoms in total. The first-order valence-corrected chi connectivity index (χ1v) is 11.5. The molecule has 0 aliphatic carbocycles. The zero-order valence-corrected chi connectivity index (χ0v) is 20.4. The molecule has 1 aromatic heterocycles. The molecule has 186 valence electrons. The van der Waals surface area contributed by atoms with Gasteiger partial charge in [-0.15, -0.1) is 0 Å². The molecule has 0 radical (unpaired) electrons. The number of rotatable bonds is 14. The minimum atomic E-state index is -1.23. The van der Waals surface area contributed by atoms with Gasteiger partial charge in [-0.2, -0.15) is 12.6 Å². The number of imidazole rings is 1. The van der Waals surface area contributed by atoms with E-state index >= 15 is 0 Å².